The second-order valence-corrected chi connectivity index (χ2v) is 11.4. The number of hydrogen-bond donors (Lipinski definition) is 0. The van der Waals surface area contributed by atoms with Crippen LogP contribution < -0.4 is 4.90 Å². The summed E-state index contributed by atoms with van der Waals surface area (Å²) in [4.78, 5) is 2.42. The van der Waals surface area contributed by atoms with Crippen LogP contribution in [0.1, 0.15) is 0 Å². The predicted molar refractivity (Wildman–Crippen MR) is 192 cm³/mol. The van der Waals surface area contributed by atoms with Crippen molar-refractivity contribution in [3.63, 3.8) is 0 Å². The average Bonchev–Trinajstić information content (AvgIpc) is 3.12. The van der Waals surface area contributed by atoms with Crippen molar-refractivity contribution in [3.05, 3.63) is 188 Å². The first-order chi connectivity index (χ1) is 22.3. The maximum atomic E-state index is 2.42. The van der Waals surface area contributed by atoms with E-state index in [4.69, 9.17) is 0 Å². The molecule has 0 amide bonds. The van der Waals surface area contributed by atoms with Crippen LogP contribution in [0.2, 0.25) is 0 Å². The van der Waals surface area contributed by atoms with Gasteiger partial charge in [-0.2, -0.15) is 0 Å². The molecule has 0 fully saturated rings. The monoisotopic (exact) mass is 573 g/mol. The van der Waals surface area contributed by atoms with Crippen LogP contribution in [0.5, 0.6) is 0 Å². The smallest absolute Gasteiger partial charge is 0.0540 e. The van der Waals surface area contributed by atoms with Crippen LogP contribution in [0.15, 0.2) is 188 Å². The first-order valence-corrected chi connectivity index (χ1v) is 15.4. The van der Waals surface area contributed by atoms with Gasteiger partial charge >= 0.3 is 0 Å². The Bertz CT molecular complexity index is 2270. The van der Waals surface area contributed by atoms with E-state index in [0.717, 1.165) is 17.1 Å². The highest BCUT2D eigenvalue weighted by molar-refractivity contribution is 6.01. The van der Waals surface area contributed by atoms with Crippen molar-refractivity contribution in [2.75, 3.05) is 4.90 Å². The molecule has 0 atom stereocenters. The minimum absolute atomic E-state index is 1.11. The first-order valence-electron chi connectivity index (χ1n) is 15.4. The molecule has 0 saturated carbocycles. The van der Waals surface area contributed by atoms with Crippen LogP contribution in [0, 0.1) is 0 Å². The molecule has 0 saturated heterocycles. The van der Waals surface area contributed by atoms with Gasteiger partial charge in [-0.3, -0.25) is 0 Å². The van der Waals surface area contributed by atoms with Gasteiger partial charge in [-0.25, -0.2) is 0 Å². The standard InChI is InChI=1S/C44H31N/c1-2-14-33(15-3-1)41-26-8-9-28-43(41)45(44-29-13-19-34-17-5-7-25-42(34)44)38-23-11-21-36(31-38)35-20-10-22-37(30-35)40-27-12-18-32-16-4-6-24-39(32)40/h1-31H. The molecule has 0 aliphatic rings. The molecule has 0 heterocycles. The van der Waals surface area contributed by atoms with Gasteiger partial charge in [0.05, 0.1) is 11.4 Å². The van der Waals surface area contributed by atoms with Crippen LogP contribution in [-0.2, 0) is 0 Å². The molecule has 8 aromatic carbocycles. The zero-order valence-electron chi connectivity index (χ0n) is 24.8. The van der Waals surface area contributed by atoms with Crippen molar-refractivity contribution in [1.82, 2.24) is 0 Å². The lowest BCUT2D eigenvalue weighted by molar-refractivity contribution is 1.30. The van der Waals surface area contributed by atoms with Gasteiger partial charge in [-0.1, -0.05) is 158 Å². The van der Waals surface area contributed by atoms with E-state index in [0.29, 0.717) is 0 Å². The second-order valence-electron chi connectivity index (χ2n) is 11.4. The summed E-state index contributed by atoms with van der Waals surface area (Å²) in [6.45, 7) is 0. The number of fused-ring (bicyclic) bond motifs is 2. The van der Waals surface area contributed by atoms with Crippen molar-refractivity contribution < 1.29 is 0 Å². The summed E-state index contributed by atoms with van der Waals surface area (Å²) in [5.74, 6) is 0. The van der Waals surface area contributed by atoms with Crippen molar-refractivity contribution in [2.45, 2.75) is 0 Å². The van der Waals surface area contributed by atoms with Gasteiger partial charge in [0.25, 0.3) is 0 Å². The highest BCUT2D eigenvalue weighted by Crippen LogP contribution is 2.44. The third-order valence-electron chi connectivity index (χ3n) is 8.64. The van der Waals surface area contributed by atoms with Gasteiger partial charge in [0.15, 0.2) is 0 Å². The molecule has 0 N–H and O–H groups in total. The van der Waals surface area contributed by atoms with E-state index in [1.165, 1.54) is 54.9 Å². The lowest BCUT2D eigenvalue weighted by Gasteiger charge is -2.29. The summed E-state index contributed by atoms with van der Waals surface area (Å²) in [7, 11) is 0. The van der Waals surface area contributed by atoms with Crippen molar-refractivity contribution >= 4 is 38.6 Å². The van der Waals surface area contributed by atoms with Crippen LogP contribution in [0.25, 0.3) is 54.9 Å². The van der Waals surface area contributed by atoms with E-state index in [-0.39, 0.29) is 0 Å². The lowest BCUT2D eigenvalue weighted by atomic mass is 9.95. The van der Waals surface area contributed by atoms with Crippen LogP contribution in [0.4, 0.5) is 17.1 Å². The molecule has 0 radical (unpaired) electrons. The Morgan fingerprint density at radius 2 is 0.800 bits per heavy atom. The van der Waals surface area contributed by atoms with Gasteiger partial charge in [0.2, 0.25) is 0 Å². The van der Waals surface area contributed by atoms with E-state index in [9.17, 15) is 0 Å². The average molecular weight is 574 g/mol. The van der Waals surface area contributed by atoms with Gasteiger partial charge in [-0.15, -0.1) is 0 Å². The molecule has 1 heteroatoms. The Labute approximate surface area is 264 Å². The summed E-state index contributed by atoms with van der Waals surface area (Å²) in [6.07, 6.45) is 0. The molecule has 45 heavy (non-hydrogen) atoms. The Hall–Kier alpha value is -5.92. The number of para-hydroxylation sites is 1. The fourth-order valence-corrected chi connectivity index (χ4v) is 6.51. The molecular weight excluding hydrogens is 542 g/mol. The zero-order valence-corrected chi connectivity index (χ0v) is 24.8. The van der Waals surface area contributed by atoms with Gasteiger partial charge in [0.1, 0.15) is 0 Å². The van der Waals surface area contributed by atoms with E-state index < -0.39 is 0 Å². The maximum Gasteiger partial charge on any atom is 0.0540 e. The number of benzene rings is 8. The largest absolute Gasteiger partial charge is 0.309 e. The molecule has 0 bridgehead atoms. The molecular formula is C44H31N. The minimum Gasteiger partial charge on any atom is -0.309 e. The Morgan fingerprint density at radius 1 is 0.289 bits per heavy atom. The van der Waals surface area contributed by atoms with Crippen LogP contribution >= 0.6 is 0 Å². The highest BCUT2D eigenvalue weighted by atomic mass is 15.1. The van der Waals surface area contributed by atoms with Gasteiger partial charge in [0, 0.05) is 16.6 Å². The molecule has 0 aliphatic carbocycles. The van der Waals surface area contributed by atoms with Crippen molar-refractivity contribution in [3.8, 4) is 33.4 Å². The van der Waals surface area contributed by atoms with Gasteiger partial charge in [-0.05, 0) is 74.3 Å². The Kier molecular flexibility index (Phi) is 6.90. The maximum absolute atomic E-state index is 2.42. The topological polar surface area (TPSA) is 3.24 Å². The molecule has 0 spiro atoms. The zero-order chi connectivity index (χ0) is 30.0. The van der Waals surface area contributed by atoms with Gasteiger partial charge < -0.3 is 4.90 Å². The molecule has 1 nitrogen and oxygen atoms in total. The molecule has 0 aromatic heterocycles. The minimum atomic E-state index is 1.11. The third-order valence-corrected chi connectivity index (χ3v) is 8.64. The van der Waals surface area contributed by atoms with Crippen LogP contribution in [0.3, 0.4) is 0 Å². The molecule has 212 valence electrons. The first kappa shape index (κ1) is 26.7. The van der Waals surface area contributed by atoms with E-state index in [1.54, 1.807) is 0 Å². The highest BCUT2D eigenvalue weighted by Gasteiger charge is 2.19. The number of nitrogens with zero attached hydrogens (tertiary/aromatic N) is 1. The normalized spacial score (nSPS) is 11.1. The summed E-state index contributed by atoms with van der Waals surface area (Å²) in [6, 6.07) is 67.7. The molecule has 8 aromatic rings. The summed E-state index contributed by atoms with van der Waals surface area (Å²) in [5, 5.41) is 4.96. The summed E-state index contributed by atoms with van der Waals surface area (Å²) < 4.78 is 0. The second kappa shape index (κ2) is 11.6. The van der Waals surface area contributed by atoms with Crippen molar-refractivity contribution in [2.24, 2.45) is 0 Å². The SMILES string of the molecule is c1ccc(-c2ccccc2N(c2cccc(-c3cccc(-c4cccc5ccccc45)c3)c2)c2cccc3ccccc23)cc1. The van der Waals surface area contributed by atoms with Crippen molar-refractivity contribution in [1.29, 1.82) is 0 Å². The Morgan fingerprint density at radius 3 is 1.64 bits per heavy atom. The molecule has 0 unspecified atom stereocenters. The fourth-order valence-electron chi connectivity index (χ4n) is 6.51. The Balaban J connectivity index is 1.31. The third kappa shape index (κ3) is 5.05. The lowest BCUT2D eigenvalue weighted by Crippen LogP contribution is -2.11. The number of anilines is 3. The number of rotatable bonds is 6. The summed E-state index contributed by atoms with van der Waals surface area (Å²) in [5.41, 5.74) is 10.6. The van der Waals surface area contributed by atoms with E-state index in [2.05, 4.69) is 193 Å². The quantitative estimate of drug-likeness (QED) is 0.191. The molecule has 8 rings (SSSR count). The summed E-state index contributed by atoms with van der Waals surface area (Å²) >= 11 is 0. The van der Waals surface area contributed by atoms with Crippen LogP contribution in [-0.4, -0.2) is 0 Å². The van der Waals surface area contributed by atoms with E-state index in [1.807, 2.05) is 0 Å². The fraction of sp³-hybridized carbons (Fsp3) is 0. The number of hydrogen-bond acceptors (Lipinski definition) is 1. The van der Waals surface area contributed by atoms with E-state index >= 15 is 0 Å². The molecule has 0 aliphatic heterocycles. The predicted octanol–water partition coefficient (Wildman–Crippen LogP) is 12.5.